The second-order valence-corrected chi connectivity index (χ2v) is 24.2. The number of carbonyl (C=O) groups excluding carboxylic acids is 1. The summed E-state index contributed by atoms with van der Waals surface area (Å²) in [5.74, 6) is 0.220. The van der Waals surface area contributed by atoms with Crippen molar-refractivity contribution in [2.45, 2.75) is 117 Å². The molecule has 0 unspecified atom stereocenters. The zero-order valence-corrected chi connectivity index (χ0v) is 31.0. The Morgan fingerprint density at radius 1 is 0.854 bits per heavy atom. The minimum absolute atomic E-state index is 0.0299. The van der Waals surface area contributed by atoms with E-state index in [9.17, 15) is 4.79 Å². The Labute approximate surface area is 253 Å². The van der Waals surface area contributed by atoms with E-state index in [1.54, 1.807) is 14.2 Å². The van der Waals surface area contributed by atoms with Crippen LogP contribution in [0.5, 0.6) is 5.75 Å². The van der Waals surface area contributed by atoms with Crippen molar-refractivity contribution in [3.63, 3.8) is 0 Å². The van der Waals surface area contributed by atoms with Crippen LogP contribution in [0.15, 0.2) is 24.3 Å². The highest BCUT2D eigenvalue weighted by Crippen LogP contribution is 2.41. The average molecular weight is 612 g/mol. The summed E-state index contributed by atoms with van der Waals surface area (Å²) in [6.45, 7) is 30.0. The number of hydrogen-bond donors (Lipinski definition) is 0. The monoisotopic (exact) mass is 611 g/mol. The number of benzene rings is 1. The SMILES string of the molecule is COc1ccc(CO[C@@H]([C@@H](C)[C@H](O[Si](C)(C)C(C)(C)C)[C@@H](C)CO[Si](C)(C)C(C)(C)C)[C@@H](C)C(=O)N(C)OC)cc1. The van der Waals surface area contributed by atoms with Crippen molar-refractivity contribution in [3.05, 3.63) is 29.8 Å². The van der Waals surface area contributed by atoms with Crippen LogP contribution in [-0.2, 0) is 29.8 Å². The fourth-order valence-electron chi connectivity index (χ4n) is 4.28. The van der Waals surface area contributed by atoms with E-state index in [1.165, 1.54) is 12.2 Å². The molecule has 41 heavy (non-hydrogen) atoms. The fraction of sp³-hybridized carbons (Fsp3) is 0.781. The summed E-state index contributed by atoms with van der Waals surface area (Å²) in [5.41, 5.74) is 1.01. The van der Waals surface area contributed by atoms with Crippen LogP contribution < -0.4 is 4.74 Å². The Kier molecular flexibility index (Phi) is 13.8. The second-order valence-electron chi connectivity index (χ2n) is 14.7. The van der Waals surface area contributed by atoms with Gasteiger partial charge < -0.3 is 18.3 Å². The molecule has 1 aromatic rings. The molecule has 0 radical (unpaired) electrons. The maximum atomic E-state index is 13.4. The highest BCUT2D eigenvalue weighted by atomic mass is 28.4. The Hall–Kier alpha value is -1.24. The van der Waals surface area contributed by atoms with E-state index in [0.29, 0.717) is 13.2 Å². The zero-order chi connectivity index (χ0) is 32.0. The number of rotatable bonds is 15. The van der Waals surface area contributed by atoms with Crippen LogP contribution in [-0.4, -0.2) is 67.7 Å². The molecular formula is C32H61NO6Si2. The van der Waals surface area contributed by atoms with Crippen molar-refractivity contribution >= 4 is 22.5 Å². The summed E-state index contributed by atoms with van der Waals surface area (Å²) in [5, 5.41) is 1.43. The molecule has 0 saturated heterocycles. The summed E-state index contributed by atoms with van der Waals surface area (Å²) in [6, 6.07) is 7.84. The number of hydrogen-bond acceptors (Lipinski definition) is 6. The maximum absolute atomic E-state index is 13.4. The Bertz CT molecular complexity index is 939. The molecule has 0 aromatic heterocycles. The number of carbonyl (C=O) groups is 1. The molecule has 1 aromatic carbocycles. The number of nitrogens with zero attached hydrogens (tertiary/aromatic N) is 1. The van der Waals surface area contributed by atoms with Gasteiger partial charge in [-0.25, -0.2) is 5.06 Å². The average Bonchev–Trinajstić information content (AvgIpc) is 2.88. The first-order chi connectivity index (χ1) is 18.6. The van der Waals surface area contributed by atoms with Crippen LogP contribution in [0.2, 0.25) is 36.3 Å². The number of amides is 1. The maximum Gasteiger partial charge on any atom is 0.251 e. The molecule has 5 atom stereocenters. The Balaban J connectivity index is 3.46. The van der Waals surface area contributed by atoms with Crippen LogP contribution >= 0.6 is 0 Å². The largest absolute Gasteiger partial charge is 0.497 e. The molecule has 238 valence electrons. The summed E-state index contributed by atoms with van der Waals surface area (Å²) in [7, 11) is 0.668. The van der Waals surface area contributed by atoms with E-state index in [1.807, 2.05) is 31.2 Å². The van der Waals surface area contributed by atoms with E-state index in [2.05, 4.69) is 81.6 Å². The van der Waals surface area contributed by atoms with Crippen molar-refractivity contribution < 1.29 is 28.0 Å². The lowest BCUT2D eigenvalue weighted by atomic mass is 9.84. The normalized spacial score (nSPS) is 17.0. The van der Waals surface area contributed by atoms with E-state index >= 15 is 0 Å². The Morgan fingerprint density at radius 3 is 1.80 bits per heavy atom. The van der Waals surface area contributed by atoms with Crippen molar-refractivity contribution in [3.8, 4) is 5.75 Å². The number of ether oxygens (including phenoxy) is 2. The van der Waals surface area contributed by atoms with Gasteiger partial charge in [-0.2, -0.15) is 0 Å². The first kappa shape index (κ1) is 37.8. The lowest BCUT2D eigenvalue weighted by Crippen LogP contribution is -2.53. The summed E-state index contributed by atoms with van der Waals surface area (Å²) < 4.78 is 25.8. The van der Waals surface area contributed by atoms with E-state index < -0.39 is 28.7 Å². The van der Waals surface area contributed by atoms with Gasteiger partial charge in [0.05, 0.1) is 39.0 Å². The van der Waals surface area contributed by atoms with Gasteiger partial charge in [0.15, 0.2) is 16.6 Å². The predicted octanol–water partition coefficient (Wildman–Crippen LogP) is 7.92. The van der Waals surface area contributed by atoms with Gasteiger partial charge in [0.2, 0.25) is 0 Å². The first-order valence-corrected chi connectivity index (χ1v) is 20.8. The van der Waals surface area contributed by atoms with Gasteiger partial charge in [-0.1, -0.05) is 74.4 Å². The molecule has 0 aliphatic carbocycles. The highest BCUT2D eigenvalue weighted by molar-refractivity contribution is 6.74. The molecule has 7 nitrogen and oxygen atoms in total. The van der Waals surface area contributed by atoms with Crippen LogP contribution in [0.25, 0.3) is 0 Å². The summed E-state index contributed by atoms with van der Waals surface area (Å²) in [4.78, 5) is 18.6. The molecule has 9 heteroatoms. The molecule has 0 bridgehead atoms. The van der Waals surface area contributed by atoms with Crippen LogP contribution in [0.4, 0.5) is 0 Å². The predicted molar refractivity (Wildman–Crippen MR) is 174 cm³/mol. The van der Waals surface area contributed by atoms with Gasteiger partial charge >= 0.3 is 0 Å². The molecule has 0 aliphatic rings. The molecule has 0 spiro atoms. The van der Waals surface area contributed by atoms with Crippen LogP contribution in [0.1, 0.15) is 67.9 Å². The van der Waals surface area contributed by atoms with E-state index in [4.69, 9.17) is 23.2 Å². The van der Waals surface area contributed by atoms with Crippen molar-refractivity contribution in [1.29, 1.82) is 0 Å². The second kappa shape index (κ2) is 15.0. The smallest absolute Gasteiger partial charge is 0.251 e. The van der Waals surface area contributed by atoms with Gasteiger partial charge in [0.25, 0.3) is 5.91 Å². The van der Waals surface area contributed by atoms with Gasteiger partial charge in [-0.3, -0.25) is 9.63 Å². The summed E-state index contributed by atoms with van der Waals surface area (Å²) >= 11 is 0. The van der Waals surface area contributed by atoms with Gasteiger partial charge in [-0.05, 0) is 54.0 Å². The minimum Gasteiger partial charge on any atom is -0.497 e. The molecule has 0 heterocycles. The quantitative estimate of drug-likeness (QED) is 0.148. The molecular weight excluding hydrogens is 551 g/mol. The lowest BCUT2D eigenvalue weighted by Gasteiger charge is -2.46. The summed E-state index contributed by atoms with van der Waals surface area (Å²) in [6.07, 6.45) is -0.572. The van der Waals surface area contributed by atoms with E-state index in [-0.39, 0.29) is 33.9 Å². The van der Waals surface area contributed by atoms with Crippen LogP contribution in [0, 0.1) is 17.8 Å². The number of methoxy groups -OCH3 is 1. The van der Waals surface area contributed by atoms with Crippen LogP contribution in [0.3, 0.4) is 0 Å². The first-order valence-electron chi connectivity index (χ1n) is 15.0. The highest BCUT2D eigenvalue weighted by Gasteiger charge is 2.45. The van der Waals surface area contributed by atoms with Crippen molar-refractivity contribution in [2.24, 2.45) is 17.8 Å². The topological polar surface area (TPSA) is 66.5 Å². The van der Waals surface area contributed by atoms with Crippen molar-refractivity contribution in [1.82, 2.24) is 5.06 Å². The van der Waals surface area contributed by atoms with Crippen molar-refractivity contribution in [2.75, 3.05) is 27.9 Å². The number of hydroxylamine groups is 2. The van der Waals surface area contributed by atoms with E-state index in [0.717, 1.165) is 11.3 Å². The standard InChI is InChI=1S/C32H61NO6Si2/c1-23(21-38-40(13,14)31(4,5)6)28(39-41(15,16)32(7,8)9)24(2)29(25(3)30(34)33(10)36-12)37-22-26-17-19-27(35-11)20-18-26/h17-20,23-25,28-29H,21-22H2,1-16H3/t23-,24-,25+,28+,29-/m0/s1. The molecule has 0 N–H and O–H groups in total. The fourth-order valence-corrected chi connectivity index (χ4v) is 6.87. The Morgan fingerprint density at radius 2 is 1.37 bits per heavy atom. The third-order valence-corrected chi connectivity index (χ3v) is 18.4. The third-order valence-electron chi connectivity index (χ3n) is 9.42. The molecule has 0 saturated carbocycles. The van der Waals surface area contributed by atoms with Gasteiger partial charge in [0, 0.05) is 25.5 Å². The lowest BCUT2D eigenvalue weighted by molar-refractivity contribution is -0.181. The molecule has 1 rings (SSSR count). The van der Waals surface area contributed by atoms with Gasteiger partial charge in [0.1, 0.15) is 5.75 Å². The third kappa shape index (κ3) is 10.5. The zero-order valence-electron chi connectivity index (χ0n) is 29.0. The van der Waals surface area contributed by atoms with Gasteiger partial charge in [-0.15, -0.1) is 0 Å². The molecule has 0 aliphatic heterocycles. The molecule has 1 amide bonds. The molecule has 0 fully saturated rings. The minimum atomic E-state index is -2.17.